The van der Waals surface area contributed by atoms with E-state index in [1.807, 2.05) is 0 Å². The Morgan fingerprint density at radius 1 is 0.581 bits per heavy atom. The van der Waals surface area contributed by atoms with Crippen LogP contribution in [0.5, 0.6) is 0 Å². The molecule has 0 radical (unpaired) electrons. The summed E-state index contributed by atoms with van der Waals surface area (Å²) in [5.41, 5.74) is 7.65. The predicted molar refractivity (Wildman–Crippen MR) is 140 cm³/mol. The number of unbranched alkanes of at least 4 members (excludes halogenated alkanes) is 1. The van der Waals surface area contributed by atoms with Gasteiger partial charge in [0.25, 0.3) is 0 Å². The smallest absolute Gasteiger partial charge is 0.0892 e. The number of epoxide rings is 1. The lowest BCUT2D eigenvalue weighted by atomic mass is 10.0. The van der Waals surface area contributed by atoms with Gasteiger partial charge in [-0.1, -0.05) is 58.2 Å². The third-order valence-electron chi connectivity index (χ3n) is 6.27. The molecule has 1 heterocycles. The van der Waals surface area contributed by atoms with Gasteiger partial charge in [-0.05, 0) is 120 Å². The van der Waals surface area contributed by atoms with Gasteiger partial charge in [0, 0.05) is 0 Å². The molecule has 0 aromatic carbocycles. The lowest BCUT2D eigenvalue weighted by Gasteiger charge is -2.03. The molecule has 1 saturated heterocycles. The highest BCUT2D eigenvalue weighted by molar-refractivity contribution is 5.08. The number of ether oxygens (including phenoxy) is 1. The number of rotatable bonds is 15. The van der Waals surface area contributed by atoms with Gasteiger partial charge in [0.2, 0.25) is 0 Å². The van der Waals surface area contributed by atoms with Crippen molar-refractivity contribution < 1.29 is 4.74 Å². The van der Waals surface area contributed by atoms with Crippen molar-refractivity contribution in [1.82, 2.24) is 0 Å². The van der Waals surface area contributed by atoms with Crippen molar-refractivity contribution in [3.8, 4) is 0 Å². The maximum absolute atomic E-state index is 5.68. The third kappa shape index (κ3) is 14.4. The summed E-state index contributed by atoms with van der Waals surface area (Å²) in [5, 5.41) is 0. The van der Waals surface area contributed by atoms with Crippen LogP contribution in [0.3, 0.4) is 0 Å². The van der Waals surface area contributed by atoms with E-state index in [1.54, 1.807) is 0 Å². The molecule has 0 aromatic heterocycles. The van der Waals surface area contributed by atoms with E-state index in [2.05, 4.69) is 85.8 Å². The summed E-state index contributed by atoms with van der Waals surface area (Å²) in [6.45, 7) is 17.8. The van der Waals surface area contributed by atoms with Gasteiger partial charge in [-0.15, -0.1) is 0 Å². The Hall–Kier alpha value is -1.34. The molecule has 0 bridgehead atoms. The zero-order valence-electron chi connectivity index (χ0n) is 21.9. The van der Waals surface area contributed by atoms with Crippen molar-refractivity contribution in [3.63, 3.8) is 0 Å². The molecular formula is C30H50O. The van der Waals surface area contributed by atoms with Crippen LogP contribution in [0.15, 0.2) is 58.2 Å². The Kier molecular flexibility index (Phi) is 13.1. The van der Waals surface area contributed by atoms with Crippen LogP contribution >= 0.6 is 0 Å². The summed E-state index contributed by atoms with van der Waals surface area (Å²) < 4.78 is 5.68. The zero-order valence-corrected chi connectivity index (χ0v) is 21.9. The van der Waals surface area contributed by atoms with Crippen LogP contribution in [0.25, 0.3) is 0 Å². The van der Waals surface area contributed by atoms with E-state index in [0.717, 1.165) is 12.8 Å². The predicted octanol–water partition coefficient (Wildman–Crippen LogP) is 9.82. The molecule has 1 atom stereocenters. The summed E-state index contributed by atoms with van der Waals surface area (Å²) in [4.78, 5) is 0. The zero-order chi connectivity index (χ0) is 23.3. The minimum absolute atomic E-state index is 0.132. The van der Waals surface area contributed by atoms with Crippen molar-refractivity contribution in [3.05, 3.63) is 58.2 Å². The molecule has 31 heavy (non-hydrogen) atoms. The van der Waals surface area contributed by atoms with Crippen LogP contribution in [0.1, 0.15) is 120 Å². The molecule has 0 aliphatic carbocycles. The van der Waals surface area contributed by atoms with Crippen molar-refractivity contribution >= 4 is 0 Å². The second kappa shape index (κ2) is 14.7. The van der Waals surface area contributed by atoms with Crippen molar-refractivity contribution in [2.24, 2.45) is 0 Å². The summed E-state index contributed by atoms with van der Waals surface area (Å²) in [6, 6.07) is 0. The molecule has 0 N–H and O–H groups in total. The van der Waals surface area contributed by atoms with Crippen molar-refractivity contribution in [2.45, 2.75) is 131 Å². The molecule has 176 valence electrons. The van der Waals surface area contributed by atoms with Gasteiger partial charge in [-0.25, -0.2) is 0 Å². The molecule has 1 fully saturated rings. The first kappa shape index (κ1) is 27.7. The van der Waals surface area contributed by atoms with Gasteiger partial charge in [0.15, 0.2) is 0 Å². The molecule has 0 amide bonds. The van der Waals surface area contributed by atoms with Gasteiger partial charge < -0.3 is 4.74 Å². The topological polar surface area (TPSA) is 12.5 Å². The van der Waals surface area contributed by atoms with Gasteiger partial charge in [0.05, 0.1) is 11.7 Å². The van der Waals surface area contributed by atoms with Crippen molar-refractivity contribution in [2.75, 3.05) is 0 Å². The van der Waals surface area contributed by atoms with Crippen LogP contribution in [0.4, 0.5) is 0 Å². The van der Waals surface area contributed by atoms with Crippen LogP contribution in [-0.2, 0) is 4.74 Å². The fourth-order valence-electron chi connectivity index (χ4n) is 3.85. The molecular weight excluding hydrogens is 376 g/mol. The molecule has 0 saturated carbocycles. The first-order valence-corrected chi connectivity index (χ1v) is 12.5. The Balaban J connectivity index is 2.15. The summed E-state index contributed by atoms with van der Waals surface area (Å²) >= 11 is 0. The number of hydrogen-bond donors (Lipinski definition) is 0. The Morgan fingerprint density at radius 2 is 0.935 bits per heavy atom. The SMILES string of the molecule is CC(C)=CCC/C(C)=C/CC/C(C)=C/CC/C=C(/C)CC/C=C(\C)CC[C@@H]1OC1(C)C. The summed E-state index contributed by atoms with van der Waals surface area (Å²) in [7, 11) is 0. The second-order valence-electron chi connectivity index (χ2n) is 10.4. The standard InChI is InChI=1S/C30H50O/c1-24(2)14-11-17-27(5)20-12-18-25(3)15-9-10-16-26(4)19-13-21-28(6)22-23-29-30(7,8)31-29/h14-16,20-21,29H,9-13,17-19,22-23H2,1-8H3/b25-15+,26-16-,27-20+,28-21+/t29-/m0/s1. The lowest BCUT2D eigenvalue weighted by Crippen LogP contribution is -2.02. The molecule has 1 rings (SSSR count). The maximum Gasteiger partial charge on any atom is 0.0892 e. The highest BCUT2D eigenvalue weighted by atomic mass is 16.6. The monoisotopic (exact) mass is 426 g/mol. The maximum atomic E-state index is 5.68. The van der Waals surface area contributed by atoms with E-state index in [-0.39, 0.29) is 5.60 Å². The molecule has 1 aliphatic heterocycles. The first-order chi connectivity index (χ1) is 14.6. The van der Waals surface area contributed by atoms with Gasteiger partial charge >= 0.3 is 0 Å². The van der Waals surface area contributed by atoms with Crippen LogP contribution in [0, 0.1) is 0 Å². The molecule has 1 aliphatic rings. The third-order valence-corrected chi connectivity index (χ3v) is 6.27. The van der Waals surface area contributed by atoms with E-state index >= 15 is 0 Å². The van der Waals surface area contributed by atoms with E-state index in [9.17, 15) is 0 Å². The Bertz CT molecular complexity index is 677. The number of hydrogen-bond acceptors (Lipinski definition) is 1. The molecule has 0 spiro atoms. The lowest BCUT2D eigenvalue weighted by molar-refractivity contribution is 0.320. The molecule has 1 nitrogen and oxygen atoms in total. The average molecular weight is 427 g/mol. The van der Waals surface area contributed by atoms with E-state index in [4.69, 9.17) is 4.74 Å². The van der Waals surface area contributed by atoms with E-state index in [1.165, 1.54) is 79.2 Å². The van der Waals surface area contributed by atoms with Crippen LogP contribution < -0.4 is 0 Å². The van der Waals surface area contributed by atoms with Crippen LogP contribution in [0.2, 0.25) is 0 Å². The minimum Gasteiger partial charge on any atom is -0.367 e. The second-order valence-corrected chi connectivity index (χ2v) is 10.4. The van der Waals surface area contributed by atoms with Crippen molar-refractivity contribution in [1.29, 1.82) is 0 Å². The van der Waals surface area contributed by atoms with Crippen LogP contribution in [-0.4, -0.2) is 11.7 Å². The first-order valence-electron chi connectivity index (χ1n) is 12.5. The number of allylic oxidation sites excluding steroid dienone is 10. The van der Waals surface area contributed by atoms with E-state index < -0.39 is 0 Å². The van der Waals surface area contributed by atoms with Gasteiger partial charge in [0.1, 0.15) is 0 Å². The van der Waals surface area contributed by atoms with E-state index in [0.29, 0.717) is 6.10 Å². The Morgan fingerprint density at radius 3 is 1.32 bits per heavy atom. The highest BCUT2D eigenvalue weighted by Crippen LogP contribution is 2.38. The molecule has 0 unspecified atom stereocenters. The fraction of sp³-hybridized carbons (Fsp3) is 0.667. The normalized spacial score (nSPS) is 19.5. The minimum atomic E-state index is 0.132. The highest BCUT2D eigenvalue weighted by Gasteiger charge is 2.46. The quantitative estimate of drug-likeness (QED) is 0.144. The van der Waals surface area contributed by atoms with Gasteiger partial charge in [-0.3, -0.25) is 0 Å². The molecule has 0 aromatic rings. The largest absolute Gasteiger partial charge is 0.367 e. The average Bonchev–Trinajstić information content (AvgIpc) is 3.30. The summed E-state index contributed by atoms with van der Waals surface area (Å²) in [5.74, 6) is 0. The molecule has 1 heteroatoms. The fourth-order valence-corrected chi connectivity index (χ4v) is 3.85. The Labute approximate surface area is 194 Å². The summed E-state index contributed by atoms with van der Waals surface area (Å²) in [6.07, 6.45) is 24.3. The van der Waals surface area contributed by atoms with Gasteiger partial charge in [-0.2, -0.15) is 0 Å².